The van der Waals surface area contributed by atoms with Crippen molar-refractivity contribution in [3.05, 3.63) is 78.1 Å². The van der Waals surface area contributed by atoms with Crippen molar-refractivity contribution in [2.24, 2.45) is 0 Å². The molecule has 1 aromatic heterocycles. The van der Waals surface area contributed by atoms with Crippen molar-refractivity contribution in [1.82, 2.24) is 15.2 Å². The summed E-state index contributed by atoms with van der Waals surface area (Å²) in [5.74, 6) is -1.50. The van der Waals surface area contributed by atoms with Gasteiger partial charge in [-0.05, 0) is 24.3 Å². The van der Waals surface area contributed by atoms with Gasteiger partial charge in [-0.15, -0.1) is 0 Å². The highest BCUT2D eigenvalue weighted by atomic mass is 19.4. The lowest BCUT2D eigenvalue weighted by molar-refractivity contribution is -0.137. The monoisotopic (exact) mass is 409 g/mol. The van der Waals surface area contributed by atoms with Crippen LogP contribution >= 0.6 is 0 Å². The van der Waals surface area contributed by atoms with Crippen LogP contribution in [0.4, 0.5) is 22.0 Å². The average molecular weight is 409 g/mol. The van der Waals surface area contributed by atoms with Crippen LogP contribution in [0.2, 0.25) is 0 Å². The molecule has 2 N–H and O–H groups in total. The Morgan fingerprint density at radius 3 is 2.00 bits per heavy atom. The molecule has 3 aromatic rings. The Morgan fingerprint density at radius 2 is 1.45 bits per heavy atom. The van der Waals surface area contributed by atoms with Gasteiger partial charge in [-0.25, -0.2) is 8.78 Å². The topological polar surface area (TPSA) is 29.0 Å². The summed E-state index contributed by atoms with van der Waals surface area (Å²) in [7, 11) is 0. The molecule has 0 unspecified atom stereocenters. The Hall–Kier alpha value is -2.71. The SMILES string of the molecule is C1CNCCN1.Fc1ccc(-c2ccccc2-n2ccc(C(F)(F)F)c2)c(F)c1. The van der Waals surface area contributed by atoms with Gasteiger partial charge < -0.3 is 15.2 Å². The molecular weight excluding hydrogens is 389 g/mol. The summed E-state index contributed by atoms with van der Waals surface area (Å²) in [6.45, 7) is 4.56. The molecule has 0 amide bonds. The zero-order valence-electron chi connectivity index (χ0n) is 15.4. The Labute approximate surface area is 165 Å². The number of hydrogen-bond donors (Lipinski definition) is 2. The van der Waals surface area contributed by atoms with Gasteiger partial charge in [0.15, 0.2) is 0 Å². The summed E-state index contributed by atoms with van der Waals surface area (Å²) in [4.78, 5) is 0. The minimum Gasteiger partial charge on any atom is -0.323 e. The van der Waals surface area contributed by atoms with E-state index in [1.165, 1.54) is 16.8 Å². The van der Waals surface area contributed by atoms with E-state index in [1.807, 2.05) is 0 Å². The van der Waals surface area contributed by atoms with Crippen LogP contribution in [0.1, 0.15) is 5.56 Å². The van der Waals surface area contributed by atoms with Crippen molar-refractivity contribution in [3.8, 4) is 16.8 Å². The van der Waals surface area contributed by atoms with Gasteiger partial charge in [0.2, 0.25) is 0 Å². The first-order valence-corrected chi connectivity index (χ1v) is 9.08. The number of benzene rings is 2. The van der Waals surface area contributed by atoms with Gasteiger partial charge in [-0.3, -0.25) is 0 Å². The lowest BCUT2D eigenvalue weighted by atomic mass is 10.0. The number of hydrogen-bond acceptors (Lipinski definition) is 2. The zero-order chi connectivity index (χ0) is 20.9. The molecule has 0 atom stereocenters. The molecule has 29 heavy (non-hydrogen) atoms. The first-order valence-electron chi connectivity index (χ1n) is 9.08. The number of halogens is 5. The van der Waals surface area contributed by atoms with E-state index >= 15 is 0 Å². The van der Waals surface area contributed by atoms with Gasteiger partial charge in [0, 0.05) is 55.8 Å². The van der Waals surface area contributed by atoms with Gasteiger partial charge in [-0.2, -0.15) is 13.2 Å². The van der Waals surface area contributed by atoms with Crippen molar-refractivity contribution < 1.29 is 22.0 Å². The van der Waals surface area contributed by atoms with Crippen molar-refractivity contribution in [1.29, 1.82) is 0 Å². The van der Waals surface area contributed by atoms with Gasteiger partial charge in [0.05, 0.1) is 11.3 Å². The van der Waals surface area contributed by atoms with Crippen LogP contribution in [0.5, 0.6) is 0 Å². The Bertz CT molecular complexity index is 934. The fourth-order valence-corrected chi connectivity index (χ4v) is 2.95. The fourth-order valence-electron chi connectivity index (χ4n) is 2.95. The largest absolute Gasteiger partial charge is 0.417 e. The maximum atomic E-state index is 14.0. The summed E-state index contributed by atoms with van der Waals surface area (Å²) >= 11 is 0. The van der Waals surface area contributed by atoms with Crippen LogP contribution < -0.4 is 10.6 Å². The van der Waals surface area contributed by atoms with Crippen LogP contribution in [-0.4, -0.2) is 30.7 Å². The van der Waals surface area contributed by atoms with E-state index < -0.39 is 23.4 Å². The quantitative estimate of drug-likeness (QED) is 0.605. The van der Waals surface area contributed by atoms with Crippen molar-refractivity contribution in [2.75, 3.05) is 26.2 Å². The average Bonchev–Trinajstić information content (AvgIpc) is 3.21. The molecule has 2 aromatic carbocycles. The van der Waals surface area contributed by atoms with E-state index in [9.17, 15) is 22.0 Å². The summed E-state index contributed by atoms with van der Waals surface area (Å²) in [5, 5.41) is 6.44. The second-order valence-electron chi connectivity index (χ2n) is 6.45. The van der Waals surface area contributed by atoms with E-state index in [4.69, 9.17) is 0 Å². The Morgan fingerprint density at radius 1 is 0.793 bits per heavy atom. The molecule has 0 spiro atoms. The molecule has 1 saturated heterocycles. The second-order valence-corrected chi connectivity index (χ2v) is 6.45. The minimum atomic E-state index is -4.46. The van der Waals surface area contributed by atoms with E-state index in [0.717, 1.165) is 50.6 Å². The maximum Gasteiger partial charge on any atom is 0.417 e. The number of para-hydroxylation sites is 1. The molecule has 1 fully saturated rings. The van der Waals surface area contributed by atoms with Gasteiger partial charge in [-0.1, -0.05) is 18.2 Å². The molecule has 0 aliphatic carbocycles. The first kappa shape index (κ1) is 21.0. The van der Waals surface area contributed by atoms with E-state index in [0.29, 0.717) is 11.3 Å². The van der Waals surface area contributed by atoms with Crippen LogP contribution in [0, 0.1) is 11.6 Å². The molecule has 1 aliphatic heterocycles. The third-order valence-corrected chi connectivity index (χ3v) is 4.38. The number of aromatic nitrogens is 1. The summed E-state index contributed by atoms with van der Waals surface area (Å²) in [5.41, 5.74) is 0.0546. The van der Waals surface area contributed by atoms with Crippen LogP contribution in [-0.2, 0) is 6.18 Å². The third kappa shape index (κ3) is 5.42. The molecule has 3 nitrogen and oxygen atoms in total. The molecule has 0 saturated carbocycles. The lowest BCUT2D eigenvalue weighted by Crippen LogP contribution is -2.39. The molecule has 4 rings (SSSR count). The lowest BCUT2D eigenvalue weighted by Gasteiger charge is -2.12. The molecule has 0 bridgehead atoms. The van der Waals surface area contributed by atoms with Gasteiger partial charge in [0.1, 0.15) is 11.6 Å². The predicted octanol–water partition coefficient (Wildman–Crippen LogP) is 4.62. The Balaban J connectivity index is 0.000000343. The van der Waals surface area contributed by atoms with E-state index in [1.54, 1.807) is 24.3 Å². The Kier molecular flexibility index (Phi) is 6.66. The van der Waals surface area contributed by atoms with Crippen molar-refractivity contribution >= 4 is 0 Å². The molecule has 0 radical (unpaired) electrons. The van der Waals surface area contributed by atoms with Gasteiger partial charge in [0.25, 0.3) is 0 Å². The number of alkyl halides is 3. The number of nitrogens with one attached hydrogen (secondary N) is 2. The standard InChI is InChI=1S/C17H10F5N.C4H10N2/c18-12-5-6-13(15(19)9-12)14-3-1-2-4-16(14)23-8-7-11(10-23)17(20,21)22;1-2-6-4-3-5-1/h1-10H;5-6H,1-4H2. The predicted molar refractivity (Wildman–Crippen MR) is 102 cm³/mol. The molecule has 2 heterocycles. The normalized spacial score (nSPS) is 14.2. The highest BCUT2D eigenvalue weighted by Gasteiger charge is 2.31. The minimum absolute atomic E-state index is 0.115. The zero-order valence-corrected chi connectivity index (χ0v) is 15.4. The molecular formula is C21H20F5N3. The molecule has 1 aliphatic rings. The highest BCUT2D eigenvalue weighted by Crippen LogP contribution is 2.33. The van der Waals surface area contributed by atoms with Crippen LogP contribution in [0.3, 0.4) is 0 Å². The van der Waals surface area contributed by atoms with Crippen LogP contribution in [0.15, 0.2) is 60.9 Å². The number of piperazine rings is 1. The van der Waals surface area contributed by atoms with E-state index in [2.05, 4.69) is 10.6 Å². The fraction of sp³-hybridized carbons (Fsp3) is 0.238. The maximum absolute atomic E-state index is 14.0. The molecule has 154 valence electrons. The van der Waals surface area contributed by atoms with Crippen molar-refractivity contribution in [3.63, 3.8) is 0 Å². The third-order valence-electron chi connectivity index (χ3n) is 4.38. The summed E-state index contributed by atoms with van der Waals surface area (Å²) in [6.07, 6.45) is -2.27. The first-order chi connectivity index (χ1) is 13.9. The summed E-state index contributed by atoms with van der Waals surface area (Å²) in [6, 6.07) is 10.4. The highest BCUT2D eigenvalue weighted by molar-refractivity contribution is 5.73. The van der Waals surface area contributed by atoms with E-state index in [-0.39, 0.29) is 5.56 Å². The van der Waals surface area contributed by atoms with Gasteiger partial charge >= 0.3 is 6.18 Å². The summed E-state index contributed by atoms with van der Waals surface area (Å²) < 4.78 is 66.5. The van der Waals surface area contributed by atoms with Crippen molar-refractivity contribution in [2.45, 2.75) is 6.18 Å². The second kappa shape index (κ2) is 9.19. The number of rotatable bonds is 2. The smallest absolute Gasteiger partial charge is 0.323 e. The molecule has 8 heteroatoms. The van der Waals surface area contributed by atoms with Crippen LogP contribution in [0.25, 0.3) is 16.8 Å². The number of nitrogens with zero attached hydrogens (tertiary/aromatic N) is 1.